The zero-order valence-corrected chi connectivity index (χ0v) is 18.9. The molecule has 0 aliphatic carbocycles. The molecule has 8 nitrogen and oxygen atoms in total. The minimum absolute atomic E-state index is 0.0725. The summed E-state index contributed by atoms with van der Waals surface area (Å²) >= 11 is 0. The van der Waals surface area contributed by atoms with Gasteiger partial charge in [0.2, 0.25) is 27.6 Å². The maximum atomic E-state index is 13.2. The predicted octanol–water partition coefficient (Wildman–Crippen LogP) is 3.65. The first kappa shape index (κ1) is 22.2. The van der Waals surface area contributed by atoms with Crippen LogP contribution in [0.3, 0.4) is 0 Å². The Morgan fingerprint density at radius 3 is 2.53 bits per heavy atom. The molecule has 1 saturated heterocycles. The van der Waals surface area contributed by atoms with Crippen molar-refractivity contribution in [1.82, 2.24) is 14.4 Å². The average Bonchev–Trinajstić information content (AvgIpc) is 3.30. The molecule has 4 rings (SSSR count). The van der Waals surface area contributed by atoms with Crippen molar-refractivity contribution in [2.45, 2.75) is 38.0 Å². The smallest absolute Gasteiger partial charge is 0.243 e. The summed E-state index contributed by atoms with van der Waals surface area (Å²) in [6.45, 7) is 4.48. The number of rotatable bonds is 6. The number of sulfonamides is 1. The number of hydrogen-bond donors (Lipinski definition) is 1. The molecule has 0 unspecified atom stereocenters. The molecule has 1 aromatic heterocycles. The molecular weight excluding hydrogens is 428 g/mol. The molecule has 0 radical (unpaired) electrons. The number of aryl methyl sites for hydroxylation is 2. The lowest BCUT2D eigenvalue weighted by molar-refractivity contribution is -0.120. The predicted molar refractivity (Wildman–Crippen MR) is 120 cm³/mol. The number of anilines is 1. The lowest BCUT2D eigenvalue weighted by atomic mass is 9.97. The zero-order valence-electron chi connectivity index (χ0n) is 18.1. The van der Waals surface area contributed by atoms with Gasteiger partial charge >= 0.3 is 0 Å². The number of carbonyl (C=O) groups is 1. The van der Waals surface area contributed by atoms with Crippen LogP contribution < -0.4 is 5.32 Å². The van der Waals surface area contributed by atoms with Crippen LogP contribution >= 0.6 is 0 Å². The van der Waals surface area contributed by atoms with E-state index in [1.54, 1.807) is 24.3 Å². The molecule has 0 spiro atoms. The highest BCUT2D eigenvalue weighted by molar-refractivity contribution is 7.89. The van der Waals surface area contributed by atoms with Crippen molar-refractivity contribution in [3.63, 3.8) is 0 Å². The highest BCUT2D eigenvalue weighted by atomic mass is 32.2. The molecule has 1 amide bonds. The van der Waals surface area contributed by atoms with Crippen LogP contribution in [0.25, 0.3) is 11.4 Å². The second kappa shape index (κ2) is 9.22. The van der Waals surface area contributed by atoms with E-state index in [4.69, 9.17) is 4.52 Å². The second-order valence-corrected chi connectivity index (χ2v) is 9.86. The molecule has 0 atom stereocenters. The molecule has 2 heterocycles. The molecule has 32 heavy (non-hydrogen) atoms. The molecular formula is C23H26N4O4S. The Morgan fingerprint density at radius 1 is 1.16 bits per heavy atom. The molecule has 3 aromatic rings. The van der Waals surface area contributed by atoms with E-state index in [-0.39, 0.29) is 16.7 Å². The number of amides is 1. The summed E-state index contributed by atoms with van der Waals surface area (Å²) < 4.78 is 33.0. The standard InChI is InChI=1S/C23H26N4O4S/c1-3-21-25-22(26-31-21)18-5-4-6-20(15-18)32(29,30)27-13-11-17(12-14-27)23(28)24-19-9-7-16(2)8-10-19/h4-10,15,17H,3,11-14H2,1-2H3,(H,24,28). The van der Waals surface area contributed by atoms with Crippen LogP contribution in [0.5, 0.6) is 0 Å². The van der Waals surface area contributed by atoms with E-state index in [1.807, 2.05) is 38.1 Å². The summed E-state index contributed by atoms with van der Waals surface area (Å²) in [5.41, 5.74) is 2.46. The van der Waals surface area contributed by atoms with Crippen molar-refractivity contribution >= 4 is 21.6 Å². The van der Waals surface area contributed by atoms with Crippen molar-refractivity contribution in [1.29, 1.82) is 0 Å². The summed E-state index contributed by atoms with van der Waals surface area (Å²) in [7, 11) is -3.69. The van der Waals surface area contributed by atoms with Gasteiger partial charge < -0.3 is 9.84 Å². The van der Waals surface area contributed by atoms with E-state index < -0.39 is 10.0 Å². The quantitative estimate of drug-likeness (QED) is 0.610. The Bertz CT molecular complexity index is 1200. The molecule has 2 aromatic carbocycles. The summed E-state index contributed by atoms with van der Waals surface area (Å²) in [6, 6.07) is 14.2. The van der Waals surface area contributed by atoms with Gasteiger partial charge in [0.25, 0.3) is 0 Å². The molecule has 1 aliphatic heterocycles. The third kappa shape index (κ3) is 4.73. The first-order valence-corrected chi connectivity index (χ1v) is 12.1. The second-order valence-electron chi connectivity index (χ2n) is 7.93. The van der Waals surface area contributed by atoms with Crippen LogP contribution in [-0.2, 0) is 21.2 Å². The van der Waals surface area contributed by atoms with Gasteiger partial charge in [0.05, 0.1) is 4.90 Å². The average molecular weight is 455 g/mol. The molecule has 168 valence electrons. The van der Waals surface area contributed by atoms with Gasteiger partial charge in [-0.2, -0.15) is 9.29 Å². The Labute approximate surface area is 187 Å². The molecule has 1 fully saturated rings. The van der Waals surface area contributed by atoms with Crippen LogP contribution in [-0.4, -0.2) is 41.9 Å². The lowest BCUT2D eigenvalue weighted by Gasteiger charge is -2.30. The molecule has 0 bridgehead atoms. The Balaban J connectivity index is 1.42. The van der Waals surface area contributed by atoms with Gasteiger partial charge in [-0.05, 0) is 44.0 Å². The monoisotopic (exact) mass is 454 g/mol. The summed E-state index contributed by atoms with van der Waals surface area (Å²) in [5, 5.41) is 6.85. The maximum absolute atomic E-state index is 13.2. The minimum Gasteiger partial charge on any atom is -0.339 e. The maximum Gasteiger partial charge on any atom is 0.243 e. The molecule has 9 heteroatoms. The number of nitrogens with zero attached hydrogens (tertiary/aromatic N) is 3. The van der Waals surface area contributed by atoms with Crippen LogP contribution in [0.1, 0.15) is 31.2 Å². The van der Waals surface area contributed by atoms with Gasteiger partial charge in [-0.25, -0.2) is 8.42 Å². The molecule has 0 saturated carbocycles. The van der Waals surface area contributed by atoms with E-state index in [0.29, 0.717) is 49.6 Å². The summed E-state index contributed by atoms with van der Waals surface area (Å²) in [4.78, 5) is 17.1. The van der Waals surface area contributed by atoms with Crippen molar-refractivity contribution in [3.8, 4) is 11.4 Å². The highest BCUT2D eigenvalue weighted by Gasteiger charge is 2.32. The van der Waals surface area contributed by atoms with Gasteiger partial charge in [-0.3, -0.25) is 4.79 Å². The summed E-state index contributed by atoms with van der Waals surface area (Å²) in [5.74, 6) is 0.572. The number of carbonyl (C=O) groups excluding carboxylic acids is 1. The fraction of sp³-hybridized carbons (Fsp3) is 0.348. The topological polar surface area (TPSA) is 105 Å². The van der Waals surface area contributed by atoms with Crippen LogP contribution in [0.4, 0.5) is 5.69 Å². The third-order valence-electron chi connectivity index (χ3n) is 5.64. The number of piperidine rings is 1. The van der Waals surface area contributed by atoms with Gasteiger partial charge in [-0.1, -0.05) is 41.9 Å². The van der Waals surface area contributed by atoms with Crippen LogP contribution in [0.15, 0.2) is 57.9 Å². The first-order chi connectivity index (χ1) is 15.4. The molecule has 1 aliphatic rings. The van der Waals surface area contributed by atoms with Gasteiger partial charge in [-0.15, -0.1) is 0 Å². The fourth-order valence-corrected chi connectivity index (χ4v) is 5.22. The van der Waals surface area contributed by atoms with Gasteiger partial charge in [0.1, 0.15) is 0 Å². The van der Waals surface area contributed by atoms with E-state index in [2.05, 4.69) is 15.5 Å². The van der Waals surface area contributed by atoms with Crippen molar-refractivity contribution in [2.24, 2.45) is 5.92 Å². The van der Waals surface area contributed by atoms with E-state index in [9.17, 15) is 13.2 Å². The highest BCUT2D eigenvalue weighted by Crippen LogP contribution is 2.27. The van der Waals surface area contributed by atoms with Crippen molar-refractivity contribution in [3.05, 3.63) is 60.0 Å². The minimum atomic E-state index is -3.69. The fourth-order valence-electron chi connectivity index (χ4n) is 3.70. The lowest BCUT2D eigenvalue weighted by Crippen LogP contribution is -2.41. The van der Waals surface area contributed by atoms with E-state index >= 15 is 0 Å². The largest absolute Gasteiger partial charge is 0.339 e. The molecule has 1 N–H and O–H groups in total. The number of nitrogens with one attached hydrogen (secondary N) is 1. The van der Waals surface area contributed by atoms with Gasteiger partial charge in [0, 0.05) is 36.7 Å². The Kier molecular flexibility index (Phi) is 6.38. The van der Waals surface area contributed by atoms with Crippen molar-refractivity contribution in [2.75, 3.05) is 18.4 Å². The van der Waals surface area contributed by atoms with Gasteiger partial charge in [0.15, 0.2) is 0 Å². The van der Waals surface area contributed by atoms with E-state index in [0.717, 1.165) is 11.3 Å². The normalized spacial score (nSPS) is 15.6. The Hall–Kier alpha value is -3.04. The number of hydrogen-bond acceptors (Lipinski definition) is 6. The SMILES string of the molecule is CCc1nc(-c2cccc(S(=O)(=O)N3CCC(C(=O)Nc4ccc(C)cc4)CC3)c2)no1. The van der Waals surface area contributed by atoms with Crippen LogP contribution in [0, 0.1) is 12.8 Å². The van der Waals surface area contributed by atoms with Crippen LogP contribution in [0.2, 0.25) is 0 Å². The zero-order chi connectivity index (χ0) is 22.7. The first-order valence-electron chi connectivity index (χ1n) is 10.7. The Morgan fingerprint density at radius 2 is 1.88 bits per heavy atom. The van der Waals surface area contributed by atoms with E-state index in [1.165, 1.54) is 4.31 Å². The van der Waals surface area contributed by atoms with Crippen molar-refractivity contribution < 1.29 is 17.7 Å². The third-order valence-corrected chi connectivity index (χ3v) is 7.54. The number of benzene rings is 2. The summed E-state index contributed by atoms with van der Waals surface area (Å²) in [6.07, 6.45) is 1.56. The number of aromatic nitrogens is 2.